The summed E-state index contributed by atoms with van der Waals surface area (Å²) in [6, 6.07) is 5.89. The molecule has 7 heteroatoms. The molecule has 1 N–H and O–H groups in total. The zero-order chi connectivity index (χ0) is 18.0. The van der Waals surface area contributed by atoms with Crippen LogP contribution >= 0.6 is 11.3 Å². The normalized spacial score (nSPS) is 29.0. The van der Waals surface area contributed by atoms with Crippen molar-refractivity contribution in [2.75, 3.05) is 11.9 Å². The Morgan fingerprint density at radius 3 is 2.62 bits per heavy atom. The van der Waals surface area contributed by atoms with E-state index in [0.717, 1.165) is 27.1 Å². The molecule has 132 valence electrons. The topological polar surface area (TPSA) is 79.4 Å². The van der Waals surface area contributed by atoms with E-state index in [-0.39, 0.29) is 47.9 Å². The van der Waals surface area contributed by atoms with Crippen molar-refractivity contribution in [1.82, 2.24) is 9.88 Å². The van der Waals surface area contributed by atoms with Crippen LogP contribution in [0.4, 0.5) is 5.13 Å². The second-order valence-electron chi connectivity index (χ2n) is 7.30. The van der Waals surface area contributed by atoms with E-state index in [1.54, 1.807) is 0 Å². The van der Waals surface area contributed by atoms with Gasteiger partial charge in [-0.1, -0.05) is 29.6 Å². The third kappa shape index (κ3) is 2.23. The number of nitrogens with one attached hydrogen (secondary N) is 1. The van der Waals surface area contributed by atoms with Crippen LogP contribution < -0.4 is 5.32 Å². The largest absolute Gasteiger partial charge is 0.300 e. The van der Waals surface area contributed by atoms with Crippen LogP contribution in [-0.4, -0.2) is 34.2 Å². The van der Waals surface area contributed by atoms with E-state index in [0.29, 0.717) is 5.13 Å². The minimum absolute atomic E-state index is 0.155. The van der Waals surface area contributed by atoms with Crippen molar-refractivity contribution in [3.05, 3.63) is 35.9 Å². The number of benzene rings is 1. The molecule has 2 heterocycles. The van der Waals surface area contributed by atoms with Crippen molar-refractivity contribution < 1.29 is 14.4 Å². The van der Waals surface area contributed by atoms with E-state index < -0.39 is 0 Å². The van der Waals surface area contributed by atoms with E-state index >= 15 is 0 Å². The fourth-order valence-electron chi connectivity index (χ4n) is 4.51. The molecule has 4 atom stereocenters. The minimum atomic E-state index is -0.386. The zero-order valence-corrected chi connectivity index (χ0v) is 15.0. The fourth-order valence-corrected chi connectivity index (χ4v) is 5.49. The summed E-state index contributed by atoms with van der Waals surface area (Å²) >= 11 is 1.39. The highest BCUT2D eigenvalue weighted by molar-refractivity contribution is 7.22. The molecule has 1 saturated heterocycles. The minimum Gasteiger partial charge on any atom is -0.300 e. The van der Waals surface area contributed by atoms with Crippen molar-refractivity contribution in [2.24, 2.45) is 23.7 Å². The number of anilines is 1. The van der Waals surface area contributed by atoms with Crippen LogP contribution in [0.25, 0.3) is 10.2 Å². The van der Waals surface area contributed by atoms with Crippen LogP contribution in [-0.2, 0) is 14.4 Å². The highest BCUT2D eigenvalue weighted by atomic mass is 32.1. The number of imide groups is 1. The first-order valence-corrected chi connectivity index (χ1v) is 9.53. The van der Waals surface area contributed by atoms with Gasteiger partial charge in [-0.2, -0.15) is 0 Å². The van der Waals surface area contributed by atoms with Crippen molar-refractivity contribution >= 4 is 44.4 Å². The molecule has 1 aromatic carbocycles. The van der Waals surface area contributed by atoms with Gasteiger partial charge in [0.25, 0.3) is 0 Å². The standard InChI is InChI=1S/C19H17N3O3S/c1-9-2-5-12-13(6-9)26-19(20-12)21-14(23)8-22-17(24)15-10-3-4-11(7-10)16(15)18(22)25/h2-6,10-11,15-16H,7-8H2,1H3,(H,20,21,23)/t10-,11+,15?,16?. The first-order chi connectivity index (χ1) is 12.5. The average molecular weight is 367 g/mol. The fraction of sp³-hybridized carbons (Fsp3) is 0.368. The zero-order valence-electron chi connectivity index (χ0n) is 14.1. The Labute approximate surface area is 153 Å². The van der Waals surface area contributed by atoms with Gasteiger partial charge in [0.05, 0.1) is 22.1 Å². The molecule has 1 saturated carbocycles. The number of hydrogen-bond acceptors (Lipinski definition) is 5. The van der Waals surface area contributed by atoms with Crippen molar-refractivity contribution in [1.29, 1.82) is 0 Å². The summed E-state index contributed by atoms with van der Waals surface area (Å²) in [5.41, 5.74) is 1.95. The summed E-state index contributed by atoms with van der Waals surface area (Å²) in [6.07, 6.45) is 4.98. The summed E-state index contributed by atoms with van der Waals surface area (Å²) in [4.78, 5) is 43.2. The second kappa shape index (κ2) is 5.48. The van der Waals surface area contributed by atoms with Crippen LogP contribution in [0.3, 0.4) is 0 Å². The van der Waals surface area contributed by atoms with Crippen molar-refractivity contribution in [2.45, 2.75) is 13.3 Å². The molecule has 3 amide bonds. The Bertz CT molecular complexity index is 965. The first kappa shape index (κ1) is 15.7. The Morgan fingerprint density at radius 1 is 1.23 bits per heavy atom. The van der Waals surface area contributed by atoms with E-state index in [4.69, 9.17) is 0 Å². The summed E-state index contributed by atoms with van der Waals surface area (Å²) in [5, 5.41) is 3.21. The average Bonchev–Trinajstić information content (AvgIpc) is 3.34. The van der Waals surface area contributed by atoms with Gasteiger partial charge in [-0.15, -0.1) is 0 Å². The third-order valence-corrected chi connectivity index (χ3v) is 6.59. The van der Waals surface area contributed by atoms with Gasteiger partial charge in [-0.05, 0) is 42.9 Å². The van der Waals surface area contributed by atoms with Gasteiger partial charge in [-0.25, -0.2) is 4.98 Å². The number of nitrogens with zero attached hydrogens (tertiary/aromatic N) is 2. The number of carbonyl (C=O) groups excluding carboxylic acids is 3. The lowest BCUT2D eigenvalue weighted by Crippen LogP contribution is -2.39. The lowest BCUT2D eigenvalue weighted by atomic mass is 9.85. The number of likely N-dealkylation sites (tertiary alicyclic amines) is 1. The monoisotopic (exact) mass is 367 g/mol. The molecule has 1 aliphatic heterocycles. The summed E-state index contributed by atoms with van der Waals surface area (Å²) in [7, 11) is 0. The van der Waals surface area contributed by atoms with Crippen LogP contribution in [0.1, 0.15) is 12.0 Å². The quantitative estimate of drug-likeness (QED) is 0.667. The van der Waals surface area contributed by atoms with E-state index in [1.165, 1.54) is 11.3 Å². The summed E-state index contributed by atoms with van der Waals surface area (Å²) < 4.78 is 0.991. The van der Waals surface area contributed by atoms with Crippen molar-refractivity contribution in [3.8, 4) is 0 Å². The number of carbonyl (C=O) groups is 3. The van der Waals surface area contributed by atoms with Crippen LogP contribution in [0.15, 0.2) is 30.4 Å². The molecule has 1 aromatic heterocycles. The lowest BCUT2D eigenvalue weighted by molar-refractivity contribution is -0.143. The molecule has 2 aromatic rings. The van der Waals surface area contributed by atoms with E-state index in [9.17, 15) is 14.4 Å². The highest BCUT2D eigenvalue weighted by Crippen LogP contribution is 2.52. The molecule has 2 fully saturated rings. The smallest absolute Gasteiger partial charge is 0.246 e. The predicted octanol–water partition coefficient (Wildman–Crippen LogP) is 2.35. The Hall–Kier alpha value is -2.54. The maximum Gasteiger partial charge on any atom is 0.246 e. The van der Waals surface area contributed by atoms with Crippen molar-refractivity contribution in [3.63, 3.8) is 0 Å². The molecule has 2 bridgehead atoms. The number of fused-ring (bicyclic) bond motifs is 6. The van der Waals surface area contributed by atoms with E-state index in [1.807, 2.05) is 37.3 Å². The van der Waals surface area contributed by atoms with Gasteiger partial charge >= 0.3 is 0 Å². The molecule has 3 aliphatic rings. The van der Waals surface area contributed by atoms with Crippen LogP contribution in [0, 0.1) is 30.6 Å². The molecular weight excluding hydrogens is 350 g/mol. The van der Waals surface area contributed by atoms with Gasteiger partial charge in [0, 0.05) is 0 Å². The molecule has 6 nitrogen and oxygen atoms in total. The predicted molar refractivity (Wildman–Crippen MR) is 97.4 cm³/mol. The number of hydrogen-bond donors (Lipinski definition) is 1. The van der Waals surface area contributed by atoms with Crippen LogP contribution in [0.5, 0.6) is 0 Å². The number of allylic oxidation sites excluding steroid dienone is 2. The number of thiazole rings is 1. The maximum atomic E-state index is 12.6. The van der Waals surface area contributed by atoms with E-state index in [2.05, 4.69) is 10.3 Å². The SMILES string of the molecule is Cc1ccc2nc(NC(=O)CN3C(=O)C4C(C3=O)[C@H]3C=C[C@@H]4C3)sc2c1. The Balaban J connectivity index is 1.31. The van der Waals surface area contributed by atoms with Gasteiger partial charge in [-0.3, -0.25) is 19.3 Å². The van der Waals surface area contributed by atoms with Gasteiger partial charge in [0.15, 0.2) is 5.13 Å². The lowest BCUT2D eigenvalue weighted by Gasteiger charge is -2.16. The molecule has 5 rings (SSSR count). The number of aryl methyl sites for hydroxylation is 1. The highest BCUT2D eigenvalue weighted by Gasteiger charge is 2.59. The molecule has 0 spiro atoms. The summed E-state index contributed by atoms with van der Waals surface area (Å²) in [5.74, 6) is -1.02. The second-order valence-corrected chi connectivity index (χ2v) is 8.33. The maximum absolute atomic E-state index is 12.6. The molecule has 2 aliphatic carbocycles. The molecular formula is C19H17N3O3S. The Morgan fingerprint density at radius 2 is 1.92 bits per heavy atom. The van der Waals surface area contributed by atoms with Gasteiger partial charge in [0.1, 0.15) is 6.54 Å². The molecule has 0 radical (unpaired) electrons. The number of amides is 3. The third-order valence-electron chi connectivity index (χ3n) is 5.65. The Kier molecular flexibility index (Phi) is 3.31. The first-order valence-electron chi connectivity index (χ1n) is 8.72. The molecule has 26 heavy (non-hydrogen) atoms. The molecule has 2 unspecified atom stereocenters. The van der Waals surface area contributed by atoms with Crippen LogP contribution in [0.2, 0.25) is 0 Å². The number of aromatic nitrogens is 1. The summed E-state index contributed by atoms with van der Waals surface area (Å²) in [6.45, 7) is 1.76. The van der Waals surface area contributed by atoms with Gasteiger partial charge < -0.3 is 5.32 Å². The van der Waals surface area contributed by atoms with Gasteiger partial charge in [0.2, 0.25) is 17.7 Å². The number of rotatable bonds is 3.